The van der Waals surface area contributed by atoms with E-state index in [4.69, 9.17) is 4.74 Å². The molecule has 0 spiro atoms. The summed E-state index contributed by atoms with van der Waals surface area (Å²) in [5.74, 6) is -0.821. The van der Waals surface area contributed by atoms with Crippen molar-refractivity contribution in [1.82, 2.24) is 5.32 Å². The lowest BCUT2D eigenvalue weighted by Gasteiger charge is -2.42. The van der Waals surface area contributed by atoms with Crippen molar-refractivity contribution in [2.24, 2.45) is 0 Å². The second kappa shape index (κ2) is 8.19. The van der Waals surface area contributed by atoms with Crippen LogP contribution in [0.1, 0.15) is 65.1 Å². The fraction of sp³-hybridized carbons (Fsp3) is 0.391. The van der Waals surface area contributed by atoms with Crippen LogP contribution in [0.25, 0.3) is 10.1 Å². The van der Waals surface area contributed by atoms with Crippen molar-refractivity contribution in [3.63, 3.8) is 0 Å². The first-order valence-electron chi connectivity index (χ1n) is 10.5. The SMILES string of the molecule is CCOC(=O)c1c(NC(=O)c2cc3cc([N+](=O)[O-])ccc3s2)sc2c1CC(C)(C)NC2(C)C. The third kappa shape index (κ3) is 4.38. The van der Waals surface area contributed by atoms with Crippen LogP contribution in [0.3, 0.4) is 0 Å². The molecule has 10 heteroatoms. The second-order valence-electron chi connectivity index (χ2n) is 9.19. The fourth-order valence-electron chi connectivity index (χ4n) is 4.46. The molecule has 33 heavy (non-hydrogen) atoms. The van der Waals surface area contributed by atoms with Crippen LogP contribution in [0.15, 0.2) is 24.3 Å². The predicted molar refractivity (Wildman–Crippen MR) is 131 cm³/mol. The number of nitrogens with one attached hydrogen (secondary N) is 2. The van der Waals surface area contributed by atoms with Gasteiger partial charge in [0.15, 0.2) is 0 Å². The summed E-state index contributed by atoms with van der Waals surface area (Å²) in [6.45, 7) is 10.3. The van der Waals surface area contributed by atoms with Crippen molar-refractivity contribution in [3.8, 4) is 0 Å². The van der Waals surface area contributed by atoms with Crippen molar-refractivity contribution < 1.29 is 19.2 Å². The zero-order valence-electron chi connectivity index (χ0n) is 19.0. The van der Waals surface area contributed by atoms with Gasteiger partial charge in [0.1, 0.15) is 5.00 Å². The number of rotatable bonds is 5. The predicted octanol–water partition coefficient (Wildman–Crippen LogP) is 5.46. The number of nitro groups is 1. The van der Waals surface area contributed by atoms with E-state index < -0.39 is 10.9 Å². The number of non-ortho nitro benzene ring substituents is 1. The lowest BCUT2D eigenvalue weighted by atomic mass is 9.81. The third-order valence-electron chi connectivity index (χ3n) is 5.49. The summed E-state index contributed by atoms with van der Waals surface area (Å²) in [6.07, 6.45) is 0.624. The minimum absolute atomic E-state index is 0.0277. The molecule has 1 aliphatic heterocycles. The van der Waals surface area contributed by atoms with Gasteiger partial charge in [0, 0.05) is 38.2 Å². The number of amides is 1. The van der Waals surface area contributed by atoms with Gasteiger partial charge in [0.05, 0.1) is 22.0 Å². The van der Waals surface area contributed by atoms with Crippen molar-refractivity contribution in [1.29, 1.82) is 0 Å². The van der Waals surface area contributed by atoms with Gasteiger partial charge < -0.3 is 15.4 Å². The quantitative estimate of drug-likeness (QED) is 0.281. The Morgan fingerprint density at radius 3 is 2.61 bits per heavy atom. The van der Waals surface area contributed by atoms with Gasteiger partial charge in [0.25, 0.3) is 11.6 Å². The van der Waals surface area contributed by atoms with Gasteiger partial charge >= 0.3 is 5.97 Å². The summed E-state index contributed by atoms with van der Waals surface area (Å²) in [5.41, 5.74) is 0.655. The maximum absolute atomic E-state index is 13.1. The number of carbonyl (C=O) groups is 2. The largest absolute Gasteiger partial charge is 0.462 e. The Balaban J connectivity index is 1.74. The van der Waals surface area contributed by atoms with Crippen molar-refractivity contribution in [2.45, 2.75) is 52.1 Å². The van der Waals surface area contributed by atoms with Gasteiger partial charge in [-0.3, -0.25) is 14.9 Å². The molecule has 2 aromatic heterocycles. The average Bonchev–Trinajstić information content (AvgIpc) is 3.27. The second-order valence-corrected chi connectivity index (χ2v) is 11.3. The van der Waals surface area contributed by atoms with Crippen LogP contribution in [-0.2, 0) is 16.7 Å². The Kier molecular flexibility index (Phi) is 5.80. The zero-order valence-corrected chi connectivity index (χ0v) is 20.7. The number of carbonyl (C=O) groups excluding carboxylic acids is 2. The number of hydrogen-bond donors (Lipinski definition) is 2. The third-order valence-corrected chi connectivity index (χ3v) is 8.07. The standard InChI is InChI=1S/C23H25N3O5S2/c1-6-31-21(28)17-14-11-22(2,3)25-23(4,5)18(14)33-20(17)24-19(27)16-10-12-9-13(26(29)30)7-8-15(12)32-16/h7-10,25H,6,11H2,1-5H3,(H,24,27). The van der Waals surface area contributed by atoms with Gasteiger partial charge in [-0.15, -0.1) is 22.7 Å². The summed E-state index contributed by atoms with van der Waals surface area (Å²) in [6, 6.07) is 6.14. The molecule has 174 valence electrons. The molecule has 8 nitrogen and oxygen atoms in total. The van der Waals surface area contributed by atoms with Gasteiger partial charge in [0.2, 0.25) is 0 Å². The number of hydrogen-bond acceptors (Lipinski definition) is 8. The van der Waals surface area contributed by atoms with E-state index in [-0.39, 0.29) is 29.3 Å². The number of anilines is 1. The maximum Gasteiger partial charge on any atom is 0.341 e. The lowest BCUT2D eigenvalue weighted by molar-refractivity contribution is -0.384. The molecule has 3 aromatic rings. The molecule has 0 bridgehead atoms. The molecule has 0 saturated carbocycles. The summed E-state index contributed by atoms with van der Waals surface area (Å²) in [4.78, 5) is 38.1. The van der Waals surface area contributed by atoms with Crippen molar-refractivity contribution >= 4 is 55.3 Å². The first kappa shape index (κ1) is 23.3. The Bertz CT molecular complexity index is 1290. The van der Waals surface area contributed by atoms with Crippen LogP contribution in [-0.4, -0.2) is 28.9 Å². The number of nitrogens with zero attached hydrogens (tertiary/aromatic N) is 1. The highest BCUT2D eigenvalue weighted by Gasteiger charge is 2.42. The summed E-state index contributed by atoms with van der Waals surface area (Å²) in [7, 11) is 0. The van der Waals surface area contributed by atoms with E-state index in [1.807, 2.05) is 0 Å². The molecule has 0 unspecified atom stereocenters. The molecule has 0 saturated heterocycles. The van der Waals surface area contributed by atoms with Gasteiger partial charge in [-0.05, 0) is 58.7 Å². The first-order valence-corrected chi connectivity index (χ1v) is 12.2. The Labute approximate surface area is 199 Å². The molecule has 0 atom stereocenters. The number of esters is 1. The Morgan fingerprint density at radius 2 is 1.94 bits per heavy atom. The Morgan fingerprint density at radius 1 is 1.21 bits per heavy atom. The van der Waals surface area contributed by atoms with E-state index in [1.165, 1.54) is 34.8 Å². The number of benzene rings is 1. The highest BCUT2D eigenvalue weighted by Crippen LogP contribution is 2.45. The number of fused-ring (bicyclic) bond motifs is 2. The average molecular weight is 488 g/mol. The normalized spacial score (nSPS) is 16.3. The number of nitro benzene ring substituents is 1. The highest BCUT2D eigenvalue weighted by molar-refractivity contribution is 7.21. The molecule has 1 aromatic carbocycles. The van der Waals surface area contributed by atoms with Crippen LogP contribution in [0, 0.1) is 10.1 Å². The van der Waals surface area contributed by atoms with Crippen LogP contribution < -0.4 is 10.6 Å². The molecule has 2 N–H and O–H groups in total. The number of ether oxygens (including phenoxy) is 1. The first-order chi connectivity index (χ1) is 15.4. The minimum Gasteiger partial charge on any atom is -0.462 e. The van der Waals surface area contributed by atoms with E-state index >= 15 is 0 Å². The summed E-state index contributed by atoms with van der Waals surface area (Å²) >= 11 is 2.63. The minimum atomic E-state index is -0.462. The van der Waals surface area contributed by atoms with Crippen molar-refractivity contribution in [3.05, 3.63) is 55.3 Å². The topological polar surface area (TPSA) is 111 Å². The molecule has 3 heterocycles. The van der Waals surface area contributed by atoms with Gasteiger partial charge in [-0.1, -0.05) is 0 Å². The molecule has 1 aliphatic rings. The van der Waals surface area contributed by atoms with E-state index in [0.717, 1.165) is 15.1 Å². The van der Waals surface area contributed by atoms with Gasteiger partial charge in [-0.2, -0.15) is 0 Å². The fourth-order valence-corrected chi connectivity index (χ4v) is 6.65. The van der Waals surface area contributed by atoms with Crippen LogP contribution >= 0.6 is 22.7 Å². The molecule has 0 radical (unpaired) electrons. The summed E-state index contributed by atoms with van der Waals surface area (Å²) < 4.78 is 6.11. The Hall–Kier alpha value is -2.82. The lowest BCUT2D eigenvalue weighted by Crippen LogP contribution is -2.55. The zero-order chi connectivity index (χ0) is 24.1. The molecule has 4 rings (SSSR count). The van der Waals surface area contributed by atoms with E-state index in [9.17, 15) is 19.7 Å². The van der Waals surface area contributed by atoms with E-state index in [1.54, 1.807) is 19.1 Å². The molecule has 0 aliphatic carbocycles. The molecular weight excluding hydrogens is 462 g/mol. The number of thiophene rings is 2. The van der Waals surface area contributed by atoms with E-state index in [0.29, 0.717) is 27.2 Å². The maximum atomic E-state index is 13.1. The van der Waals surface area contributed by atoms with Crippen LogP contribution in [0.5, 0.6) is 0 Å². The van der Waals surface area contributed by atoms with Gasteiger partial charge in [-0.25, -0.2) is 4.79 Å². The van der Waals surface area contributed by atoms with Crippen LogP contribution in [0.2, 0.25) is 0 Å². The summed E-state index contributed by atoms with van der Waals surface area (Å²) in [5, 5.41) is 18.7. The highest BCUT2D eigenvalue weighted by atomic mass is 32.1. The smallest absolute Gasteiger partial charge is 0.341 e. The molecule has 0 fully saturated rings. The molecular formula is C23H25N3O5S2. The van der Waals surface area contributed by atoms with E-state index in [2.05, 4.69) is 38.3 Å². The van der Waals surface area contributed by atoms with Crippen LogP contribution in [0.4, 0.5) is 10.7 Å². The van der Waals surface area contributed by atoms with Crippen molar-refractivity contribution in [2.75, 3.05) is 11.9 Å². The monoisotopic (exact) mass is 487 g/mol. The molecule has 1 amide bonds.